The predicted octanol–water partition coefficient (Wildman–Crippen LogP) is 4.51. The molecular weight excluding hydrogens is 488 g/mol. The lowest BCUT2D eigenvalue weighted by molar-refractivity contribution is 0.122. The van der Waals surface area contributed by atoms with Gasteiger partial charge in [0.15, 0.2) is 5.82 Å². The lowest BCUT2D eigenvalue weighted by Crippen LogP contribution is -2.46. The summed E-state index contributed by atoms with van der Waals surface area (Å²) in [7, 11) is 0. The maximum Gasteiger partial charge on any atom is 0.156 e. The van der Waals surface area contributed by atoms with Crippen molar-refractivity contribution in [2.24, 2.45) is 5.92 Å². The summed E-state index contributed by atoms with van der Waals surface area (Å²) < 4.78 is 29.5. The van der Waals surface area contributed by atoms with Crippen LogP contribution in [0.3, 0.4) is 0 Å². The Morgan fingerprint density at radius 3 is 2.50 bits per heavy atom. The Bertz CT molecular complexity index is 1460. The SMILES string of the molecule is CC(C)C(O)c1cc2nc(N3CCN(Cc4ccc(F)cc4F)CC3)c(-c3cnn(C4CC4)c3)nc2cn1. The van der Waals surface area contributed by atoms with Crippen LogP contribution in [0.25, 0.3) is 22.3 Å². The molecule has 1 atom stereocenters. The van der Waals surface area contributed by atoms with Gasteiger partial charge in [0.2, 0.25) is 0 Å². The maximum absolute atomic E-state index is 14.2. The van der Waals surface area contributed by atoms with Crippen LogP contribution in [0.4, 0.5) is 14.6 Å². The second-order valence-corrected chi connectivity index (χ2v) is 10.6. The van der Waals surface area contributed by atoms with Crippen molar-refractivity contribution in [2.45, 2.75) is 45.4 Å². The standard InChI is InChI=1S/C28H31F2N7O/c1-17(2)27(38)24-12-23-25(14-31-24)33-26(19-13-32-37(16-19)21-5-6-21)28(34-23)36-9-7-35(8-10-36)15-18-3-4-20(29)11-22(18)30/h3-4,11-14,16-17,21,27,38H,5-10,15H2,1-2H3. The van der Waals surface area contributed by atoms with E-state index in [4.69, 9.17) is 9.97 Å². The first-order valence-corrected chi connectivity index (χ1v) is 13.2. The Labute approximate surface area is 220 Å². The van der Waals surface area contributed by atoms with Crippen LogP contribution in [0.15, 0.2) is 42.9 Å². The molecule has 1 aliphatic heterocycles. The molecule has 4 heterocycles. The number of nitrogens with zero attached hydrogens (tertiary/aromatic N) is 7. The van der Waals surface area contributed by atoms with Gasteiger partial charge >= 0.3 is 0 Å². The Hall–Kier alpha value is -3.50. The average Bonchev–Trinajstić information content (AvgIpc) is 3.65. The highest BCUT2D eigenvalue weighted by Crippen LogP contribution is 2.37. The zero-order chi connectivity index (χ0) is 26.4. The summed E-state index contributed by atoms with van der Waals surface area (Å²) in [6, 6.07) is 6.02. The van der Waals surface area contributed by atoms with E-state index in [1.807, 2.05) is 37.0 Å². The number of aliphatic hydroxyl groups excluding tert-OH is 1. The van der Waals surface area contributed by atoms with E-state index in [9.17, 15) is 13.9 Å². The van der Waals surface area contributed by atoms with Gasteiger partial charge in [-0.15, -0.1) is 0 Å². The second kappa shape index (κ2) is 9.99. The normalized spacial score (nSPS) is 17.5. The first-order valence-electron chi connectivity index (χ1n) is 13.2. The minimum atomic E-state index is -0.684. The minimum absolute atomic E-state index is 0.0268. The number of piperazine rings is 1. The molecule has 8 nitrogen and oxygen atoms in total. The Kier molecular flexibility index (Phi) is 6.53. The predicted molar refractivity (Wildman–Crippen MR) is 140 cm³/mol. The third-order valence-electron chi connectivity index (χ3n) is 7.36. The van der Waals surface area contributed by atoms with E-state index in [1.165, 1.54) is 12.1 Å². The van der Waals surface area contributed by atoms with E-state index in [-0.39, 0.29) is 5.92 Å². The van der Waals surface area contributed by atoms with Crippen LogP contribution in [-0.2, 0) is 6.54 Å². The largest absolute Gasteiger partial charge is 0.387 e. The zero-order valence-corrected chi connectivity index (χ0v) is 21.6. The summed E-state index contributed by atoms with van der Waals surface area (Å²) in [5.41, 5.74) is 4.06. The van der Waals surface area contributed by atoms with Crippen molar-refractivity contribution < 1.29 is 13.9 Å². The van der Waals surface area contributed by atoms with Crippen LogP contribution < -0.4 is 4.90 Å². The molecule has 2 fully saturated rings. The van der Waals surface area contributed by atoms with E-state index in [2.05, 4.69) is 19.9 Å². The van der Waals surface area contributed by atoms with E-state index < -0.39 is 17.7 Å². The van der Waals surface area contributed by atoms with Gasteiger partial charge in [-0.05, 0) is 30.9 Å². The number of hydrogen-bond acceptors (Lipinski definition) is 7. The van der Waals surface area contributed by atoms with Crippen LogP contribution in [0.1, 0.15) is 50.1 Å². The molecule has 6 rings (SSSR count). The van der Waals surface area contributed by atoms with Crippen LogP contribution in [-0.4, -0.2) is 60.9 Å². The first-order chi connectivity index (χ1) is 18.4. The fourth-order valence-corrected chi connectivity index (χ4v) is 4.89. The summed E-state index contributed by atoms with van der Waals surface area (Å²) in [5.74, 6) is -0.297. The molecule has 1 saturated heterocycles. The third-order valence-corrected chi connectivity index (χ3v) is 7.36. The van der Waals surface area contributed by atoms with Crippen molar-refractivity contribution >= 4 is 16.9 Å². The molecule has 10 heteroatoms. The Morgan fingerprint density at radius 1 is 1.00 bits per heavy atom. The van der Waals surface area contributed by atoms with Crippen molar-refractivity contribution in [1.29, 1.82) is 0 Å². The molecule has 1 aliphatic carbocycles. The highest BCUT2D eigenvalue weighted by atomic mass is 19.1. The van der Waals surface area contributed by atoms with Gasteiger partial charge in [0, 0.05) is 56.1 Å². The number of fused-ring (bicyclic) bond motifs is 1. The summed E-state index contributed by atoms with van der Waals surface area (Å²) in [4.78, 5) is 18.8. The number of aromatic nitrogens is 5. The second-order valence-electron chi connectivity index (χ2n) is 10.6. The molecule has 0 amide bonds. The number of aliphatic hydroxyl groups is 1. The number of hydrogen-bond donors (Lipinski definition) is 1. The first kappa shape index (κ1) is 24.8. The molecule has 2 aliphatic rings. The number of rotatable bonds is 7. The fourth-order valence-electron chi connectivity index (χ4n) is 4.89. The molecule has 3 aromatic heterocycles. The van der Waals surface area contributed by atoms with Crippen LogP contribution in [0, 0.1) is 17.6 Å². The molecule has 0 spiro atoms. The smallest absolute Gasteiger partial charge is 0.156 e. The number of benzene rings is 1. The van der Waals surface area contributed by atoms with Crippen molar-refractivity contribution in [1.82, 2.24) is 29.6 Å². The van der Waals surface area contributed by atoms with Gasteiger partial charge in [-0.3, -0.25) is 14.6 Å². The van der Waals surface area contributed by atoms with E-state index >= 15 is 0 Å². The molecule has 1 N–H and O–H groups in total. The van der Waals surface area contributed by atoms with Gasteiger partial charge in [-0.2, -0.15) is 5.10 Å². The van der Waals surface area contributed by atoms with Gasteiger partial charge < -0.3 is 10.0 Å². The molecule has 1 saturated carbocycles. The molecular formula is C28H31F2N7O. The van der Waals surface area contributed by atoms with E-state index in [0.29, 0.717) is 61.1 Å². The summed E-state index contributed by atoms with van der Waals surface area (Å²) in [5, 5.41) is 15.1. The zero-order valence-electron chi connectivity index (χ0n) is 21.6. The summed E-state index contributed by atoms with van der Waals surface area (Å²) >= 11 is 0. The highest BCUT2D eigenvalue weighted by Gasteiger charge is 2.27. The van der Waals surface area contributed by atoms with Crippen LogP contribution in [0.2, 0.25) is 0 Å². The molecule has 0 radical (unpaired) electrons. The maximum atomic E-state index is 14.2. The van der Waals surface area contributed by atoms with Gasteiger partial charge in [0.25, 0.3) is 0 Å². The lowest BCUT2D eigenvalue weighted by atomic mass is 10.0. The average molecular weight is 520 g/mol. The summed E-state index contributed by atoms with van der Waals surface area (Å²) in [6.07, 6.45) is 7.15. The van der Waals surface area contributed by atoms with Crippen molar-refractivity contribution in [3.63, 3.8) is 0 Å². The van der Waals surface area contributed by atoms with E-state index in [0.717, 1.165) is 36.0 Å². The molecule has 198 valence electrons. The number of anilines is 1. The lowest BCUT2D eigenvalue weighted by Gasteiger charge is -2.36. The minimum Gasteiger partial charge on any atom is -0.387 e. The molecule has 1 aromatic carbocycles. The molecule has 1 unspecified atom stereocenters. The van der Waals surface area contributed by atoms with Crippen LogP contribution >= 0.6 is 0 Å². The van der Waals surface area contributed by atoms with Gasteiger partial charge in [0.05, 0.1) is 35.8 Å². The van der Waals surface area contributed by atoms with Crippen LogP contribution in [0.5, 0.6) is 0 Å². The number of pyridine rings is 1. The van der Waals surface area contributed by atoms with Gasteiger partial charge in [-0.1, -0.05) is 19.9 Å². The van der Waals surface area contributed by atoms with Gasteiger partial charge in [-0.25, -0.2) is 18.7 Å². The highest BCUT2D eigenvalue weighted by molar-refractivity contribution is 5.83. The summed E-state index contributed by atoms with van der Waals surface area (Å²) in [6.45, 7) is 7.08. The van der Waals surface area contributed by atoms with Gasteiger partial charge in [0.1, 0.15) is 22.8 Å². The Balaban J connectivity index is 1.30. The quantitative estimate of drug-likeness (QED) is 0.385. The van der Waals surface area contributed by atoms with Crippen molar-refractivity contribution in [3.8, 4) is 11.3 Å². The van der Waals surface area contributed by atoms with Crippen molar-refractivity contribution in [2.75, 3.05) is 31.1 Å². The molecule has 0 bridgehead atoms. The molecule has 38 heavy (non-hydrogen) atoms. The molecule has 4 aromatic rings. The third kappa shape index (κ3) is 4.98. The monoisotopic (exact) mass is 519 g/mol. The Morgan fingerprint density at radius 2 is 1.79 bits per heavy atom. The topological polar surface area (TPSA) is 83.2 Å². The van der Waals surface area contributed by atoms with E-state index in [1.54, 1.807) is 6.20 Å². The van der Waals surface area contributed by atoms with Crippen molar-refractivity contribution in [3.05, 3.63) is 65.7 Å². The number of halogens is 2. The fraction of sp³-hybridized carbons (Fsp3) is 0.429.